The standard InChI is InChI=1S/C16H33N3/c1-3-5-14-6-7-16(17)15(12-14)13-19-9-4-8-18(2)10-11-19/h14-16H,3-13,17H2,1-2H3. The Hall–Kier alpha value is -0.120. The first kappa shape index (κ1) is 15.3. The Morgan fingerprint density at radius 1 is 1.11 bits per heavy atom. The second-order valence-electron chi connectivity index (χ2n) is 6.85. The van der Waals surface area contributed by atoms with Crippen molar-refractivity contribution in [2.75, 3.05) is 39.8 Å². The fraction of sp³-hybridized carbons (Fsp3) is 1.00. The van der Waals surface area contributed by atoms with Crippen LogP contribution in [0.25, 0.3) is 0 Å². The van der Waals surface area contributed by atoms with E-state index in [9.17, 15) is 0 Å². The zero-order chi connectivity index (χ0) is 13.7. The van der Waals surface area contributed by atoms with Gasteiger partial charge in [-0.1, -0.05) is 19.8 Å². The molecule has 2 rings (SSSR count). The average Bonchev–Trinajstić information content (AvgIpc) is 2.59. The van der Waals surface area contributed by atoms with E-state index in [-0.39, 0.29) is 0 Å². The quantitative estimate of drug-likeness (QED) is 0.847. The summed E-state index contributed by atoms with van der Waals surface area (Å²) in [6.07, 6.45) is 8.06. The molecule has 2 aliphatic rings. The lowest BCUT2D eigenvalue weighted by Gasteiger charge is -2.37. The largest absolute Gasteiger partial charge is 0.327 e. The smallest absolute Gasteiger partial charge is 0.0109 e. The molecule has 3 heteroatoms. The van der Waals surface area contributed by atoms with Gasteiger partial charge in [0.05, 0.1) is 0 Å². The fourth-order valence-electron chi connectivity index (χ4n) is 3.88. The van der Waals surface area contributed by atoms with Gasteiger partial charge < -0.3 is 15.5 Å². The lowest BCUT2D eigenvalue weighted by atomic mass is 9.76. The predicted octanol–water partition coefficient (Wildman–Crippen LogP) is 2.17. The van der Waals surface area contributed by atoms with Crippen LogP contribution in [0.5, 0.6) is 0 Å². The van der Waals surface area contributed by atoms with Crippen molar-refractivity contribution in [2.45, 2.75) is 51.5 Å². The summed E-state index contributed by atoms with van der Waals surface area (Å²) in [6.45, 7) is 8.54. The van der Waals surface area contributed by atoms with Crippen LogP contribution in [0, 0.1) is 11.8 Å². The Bertz CT molecular complexity index is 256. The van der Waals surface area contributed by atoms with E-state index in [0.717, 1.165) is 11.8 Å². The average molecular weight is 267 g/mol. The number of hydrogen-bond donors (Lipinski definition) is 1. The van der Waals surface area contributed by atoms with Gasteiger partial charge in [0.25, 0.3) is 0 Å². The second kappa shape index (κ2) is 7.61. The Kier molecular flexibility index (Phi) is 6.11. The topological polar surface area (TPSA) is 32.5 Å². The number of nitrogens with zero attached hydrogens (tertiary/aromatic N) is 2. The highest BCUT2D eigenvalue weighted by molar-refractivity contribution is 4.85. The van der Waals surface area contributed by atoms with Crippen LogP contribution in [-0.4, -0.2) is 55.6 Å². The first-order valence-electron chi connectivity index (χ1n) is 8.35. The summed E-state index contributed by atoms with van der Waals surface area (Å²) in [4.78, 5) is 5.13. The van der Waals surface area contributed by atoms with Gasteiger partial charge in [-0.15, -0.1) is 0 Å². The summed E-state index contributed by atoms with van der Waals surface area (Å²) in [5, 5.41) is 0. The third-order valence-corrected chi connectivity index (χ3v) is 5.15. The van der Waals surface area contributed by atoms with Crippen molar-refractivity contribution in [1.29, 1.82) is 0 Å². The Labute approximate surface area is 119 Å². The lowest BCUT2D eigenvalue weighted by Crippen LogP contribution is -2.44. The molecule has 19 heavy (non-hydrogen) atoms. The maximum absolute atomic E-state index is 6.38. The van der Waals surface area contributed by atoms with E-state index in [0.29, 0.717) is 6.04 Å². The normalized spacial score (nSPS) is 35.2. The highest BCUT2D eigenvalue weighted by atomic mass is 15.2. The van der Waals surface area contributed by atoms with E-state index in [4.69, 9.17) is 5.73 Å². The first-order chi connectivity index (χ1) is 9.19. The van der Waals surface area contributed by atoms with Crippen LogP contribution < -0.4 is 5.73 Å². The monoisotopic (exact) mass is 267 g/mol. The summed E-state index contributed by atoms with van der Waals surface area (Å²) < 4.78 is 0. The van der Waals surface area contributed by atoms with Gasteiger partial charge in [0.15, 0.2) is 0 Å². The zero-order valence-corrected chi connectivity index (χ0v) is 13.0. The third kappa shape index (κ3) is 4.73. The van der Waals surface area contributed by atoms with Crippen LogP contribution in [0.2, 0.25) is 0 Å². The maximum Gasteiger partial charge on any atom is 0.0109 e. The van der Waals surface area contributed by atoms with Crippen LogP contribution in [0.4, 0.5) is 0 Å². The fourth-order valence-corrected chi connectivity index (χ4v) is 3.88. The highest BCUT2D eigenvalue weighted by Crippen LogP contribution is 2.31. The maximum atomic E-state index is 6.38. The molecule has 0 aromatic carbocycles. The van der Waals surface area contributed by atoms with Crippen molar-refractivity contribution in [3.8, 4) is 0 Å². The van der Waals surface area contributed by atoms with Gasteiger partial charge in [-0.2, -0.15) is 0 Å². The molecule has 3 nitrogen and oxygen atoms in total. The van der Waals surface area contributed by atoms with E-state index < -0.39 is 0 Å². The van der Waals surface area contributed by atoms with Gasteiger partial charge in [0.2, 0.25) is 0 Å². The molecule has 1 heterocycles. The van der Waals surface area contributed by atoms with Crippen LogP contribution in [0.1, 0.15) is 45.4 Å². The molecule has 2 fully saturated rings. The third-order valence-electron chi connectivity index (χ3n) is 5.15. The minimum atomic E-state index is 0.453. The van der Waals surface area contributed by atoms with Crippen molar-refractivity contribution in [2.24, 2.45) is 17.6 Å². The lowest BCUT2D eigenvalue weighted by molar-refractivity contribution is 0.154. The van der Waals surface area contributed by atoms with Gasteiger partial charge in [-0.05, 0) is 57.7 Å². The van der Waals surface area contributed by atoms with Gasteiger partial charge in [-0.25, -0.2) is 0 Å². The van der Waals surface area contributed by atoms with Gasteiger partial charge >= 0.3 is 0 Å². The molecule has 0 spiro atoms. The highest BCUT2D eigenvalue weighted by Gasteiger charge is 2.29. The molecule has 0 amide bonds. The van der Waals surface area contributed by atoms with E-state index in [2.05, 4.69) is 23.8 Å². The molecule has 1 saturated carbocycles. The Balaban J connectivity index is 1.82. The molecule has 3 atom stereocenters. The first-order valence-corrected chi connectivity index (χ1v) is 8.35. The van der Waals surface area contributed by atoms with Crippen molar-refractivity contribution < 1.29 is 0 Å². The predicted molar refractivity (Wildman–Crippen MR) is 82.3 cm³/mol. The molecule has 1 aliphatic carbocycles. The summed E-state index contributed by atoms with van der Waals surface area (Å²) in [5.74, 6) is 1.69. The van der Waals surface area contributed by atoms with Crippen LogP contribution in [-0.2, 0) is 0 Å². The SMILES string of the molecule is CCCC1CCC(N)C(CN2CCCN(C)CC2)C1. The van der Waals surface area contributed by atoms with Crippen molar-refractivity contribution in [3.05, 3.63) is 0 Å². The molecule has 0 aromatic heterocycles. The molecule has 0 radical (unpaired) electrons. The van der Waals surface area contributed by atoms with Gasteiger partial charge in [0.1, 0.15) is 0 Å². The summed E-state index contributed by atoms with van der Waals surface area (Å²) in [7, 11) is 2.24. The summed E-state index contributed by atoms with van der Waals surface area (Å²) >= 11 is 0. The molecular weight excluding hydrogens is 234 g/mol. The van der Waals surface area contributed by atoms with Crippen LogP contribution >= 0.6 is 0 Å². The van der Waals surface area contributed by atoms with E-state index in [1.807, 2.05) is 0 Å². The Morgan fingerprint density at radius 2 is 1.95 bits per heavy atom. The second-order valence-corrected chi connectivity index (χ2v) is 6.85. The van der Waals surface area contributed by atoms with Crippen molar-refractivity contribution in [3.63, 3.8) is 0 Å². The molecule has 1 saturated heterocycles. The number of nitrogens with two attached hydrogens (primary N) is 1. The molecular formula is C16H33N3. The van der Waals surface area contributed by atoms with Gasteiger partial charge in [-0.3, -0.25) is 0 Å². The summed E-state index contributed by atoms with van der Waals surface area (Å²) in [6, 6.07) is 0.453. The minimum absolute atomic E-state index is 0.453. The van der Waals surface area contributed by atoms with E-state index in [1.54, 1.807) is 0 Å². The van der Waals surface area contributed by atoms with Crippen LogP contribution in [0.3, 0.4) is 0 Å². The van der Waals surface area contributed by atoms with Crippen molar-refractivity contribution in [1.82, 2.24) is 9.80 Å². The number of rotatable bonds is 4. The number of hydrogen-bond acceptors (Lipinski definition) is 3. The molecule has 0 bridgehead atoms. The molecule has 1 aliphatic heterocycles. The number of likely N-dealkylation sites (N-methyl/N-ethyl adjacent to an activating group) is 1. The molecule has 3 unspecified atom stereocenters. The van der Waals surface area contributed by atoms with Gasteiger partial charge in [0, 0.05) is 25.7 Å². The molecule has 2 N–H and O–H groups in total. The zero-order valence-electron chi connectivity index (χ0n) is 13.0. The Morgan fingerprint density at radius 3 is 2.74 bits per heavy atom. The van der Waals surface area contributed by atoms with Crippen molar-refractivity contribution >= 4 is 0 Å². The van der Waals surface area contributed by atoms with Crippen LogP contribution in [0.15, 0.2) is 0 Å². The minimum Gasteiger partial charge on any atom is -0.327 e. The molecule has 0 aromatic rings. The summed E-state index contributed by atoms with van der Waals surface area (Å²) in [5.41, 5.74) is 6.38. The van der Waals surface area contributed by atoms with E-state index >= 15 is 0 Å². The van der Waals surface area contributed by atoms with E-state index in [1.165, 1.54) is 71.2 Å². The molecule has 112 valence electrons.